The quantitative estimate of drug-likeness (QED) is 0.559. The molecule has 0 bridgehead atoms. The van der Waals surface area contributed by atoms with Crippen molar-refractivity contribution in [2.24, 2.45) is 0 Å². The van der Waals surface area contributed by atoms with Gasteiger partial charge in [-0.2, -0.15) is 18.2 Å². The Labute approximate surface area is 165 Å². The molecule has 1 aliphatic rings. The van der Waals surface area contributed by atoms with Gasteiger partial charge < -0.3 is 9.42 Å². The van der Waals surface area contributed by atoms with Gasteiger partial charge in [-0.1, -0.05) is 25.9 Å². The number of nitrogens with zero attached hydrogens (tertiary/aromatic N) is 5. The third kappa shape index (κ3) is 4.84. The maximum atomic E-state index is 12.9. The van der Waals surface area contributed by atoms with E-state index in [1.165, 1.54) is 6.07 Å². The van der Waals surface area contributed by atoms with Crippen molar-refractivity contribution in [1.82, 2.24) is 15.0 Å². The lowest BCUT2D eigenvalue weighted by Gasteiger charge is -2.35. The highest BCUT2D eigenvalue weighted by Crippen LogP contribution is 2.36. The molecule has 158 valence electrons. The number of hydrogen-bond donors (Lipinski definition) is 0. The molecule has 0 amide bonds. The smallest absolute Gasteiger partial charge is 0.363 e. The molecule has 8 nitrogen and oxygen atoms in total. The number of piperazine rings is 1. The Kier molecular flexibility index (Phi) is 5.52. The van der Waals surface area contributed by atoms with E-state index in [1.54, 1.807) is 4.90 Å². The lowest BCUT2D eigenvalue weighted by molar-refractivity contribution is -0.384. The van der Waals surface area contributed by atoms with Crippen LogP contribution in [0.15, 0.2) is 22.7 Å². The van der Waals surface area contributed by atoms with Crippen LogP contribution in [0.2, 0.25) is 0 Å². The number of halogens is 3. The third-order valence-corrected chi connectivity index (χ3v) is 4.69. The number of nitro groups is 1. The fourth-order valence-electron chi connectivity index (χ4n) is 3.08. The Balaban J connectivity index is 1.67. The summed E-state index contributed by atoms with van der Waals surface area (Å²) in [5.74, 6) is 1.11. The van der Waals surface area contributed by atoms with Crippen LogP contribution >= 0.6 is 0 Å². The van der Waals surface area contributed by atoms with Gasteiger partial charge in [0.15, 0.2) is 5.82 Å². The molecule has 11 heteroatoms. The zero-order chi connectivity index (χ0) is 21.4. The van der Waals surface area contributed by atoms with E-state index >= 15 is 0 Å². The van der Waals surface area contributed by atoms with Crippen LogP contribution in [-0.4, -0.2) is 46.1 Å². The number of anilines is 1. The highest BCUT2D eigenvalue weighted by atomic mass is 19.4. The van der Waals surface area contributed by atoms with Crippen molar-refractivity contribution in [2.75, 3.05) is 31.1 Å². The lowest BCUT2D eigenvalue weighted by Crippen LogP contribution is -2.46. The van der Waals surface area contributed by atoms with E-state index in [1.807, 2.05) is 20.8 Å². The minimum Gasteiger partial charge on any atom is -0.363 e. The third-order valence-electron chi connectivity index (χ3n) is 4.69. The van der Waals surface area contributed by atoms with E-state index in [9.17, 15) is 23.3 Å². The first-order valence-electron chi connectivity index (χ1n) is 9.11. The van der Waals surface area contributed by atoms with E-state index in [2.05, 4.69) is 15.0 Å². The summed E-state index contributed by atoms with van der Waals surface area (Å²) in [6.45, 7) is 8.41. The molecule has 0 N–H and O–H groups in total. The van der Waals surface area contributed by atoms with Crippen molar-refractivity contribution in [3.05, 3.63) is 45.6 Å². The minimum absolute atomic E-state index is 0.192. The zero-order valence-electron chi connectivity index (χ0n) is 16.4. The van der Waals surface area contributed by atoms with Crippen LogP contribution in [0.25, 0.3) is 0 Å². The second-order valence-corrected chi connectivity index (χ2v) is 7.99. The van der Waals surface area contributed by atoms with Crippen molar-refractivity contribution < 1.29 is 22.6 Å². The van der Waals surface area contributed by atoms with Crippen molar-refractivity contribution in [2.45, 2.75) is 38.9 Å². The maximum Gasteiger partial charge on any atom is 0.416 e. The largest absolute Gasteiger partial charge is 0.416 e. The highest BCUT2D eigenvalue weighted by molar-refractivity contribution is 5.65. The Hall–Kier alpha value is -2.69. The van der Waals surface area contributed by atoms with Crippen LogP contribution in [0.4, 0.5) is 24.5 Å². The molecule has 1 fully saturated rings. The molecular formula is C18H22F3N5O3. The van der Waals surface area contributed by atoms with E-state index in [0.717, 1.165) is 6.07 Å². The SMILES string of the molecule is CC(C)(C)c1nc(CN2CCN(c3ccc(C(F)(F)F)cc3[N+](=O)[O-])CC2)no1. The first-order valence-corrected chi connectivity index (χ1v) is 9.11. The standard InChI is InChI=1S/C18H22F3N5O3/c1-17(2,3)16-22-15(23-29-16)11-24-6-8-25(9-7-24)13-5-4-12(18(19,20)21)10-14(13)26(27)28/h4-5,10H,6-9,11H2,1-3H3. The molecule has 0 atom stereocenters. The first-order chi connectivity index (χ1) is 13.4. The Morgan fingerprint density at radius 1 is 1.17 bits per heavy atom. The summed E-state index contributed by atoms with van der Waals surface area (Å²) in [7, 11) is 0. The Bertz CT molecular complexity index is 884. The number of alkyl halides is 3. The highest BCUT2D eigenvalue weighted by Gasteiger charge is 2.34. The number of rotatable bonds is 4. The van der Waals surface area contributed by atoms with Gasteiger partial charge in [0, 0.05) is 37.7 Å². The molecule has 2 aromatic rings. The van der Waals surface area contributed by atoms with Crippen molar-refractivity contribution >= 4 is 11.4 Å². The second-order valence-electron chi connectivity index (χ2n) is 7.99. The van der Waals surface area contributed by atoms with Gasteiger partial charge in [-0.05, 0) is 12.1 Å². The van der Waals surface area contributed by atoms with Gasteiger partial charge in [-0.15, -0.1) is 0 Å². The average Bonchev–Trinajstić information content (AvgIpc) is 3.10. The first kappa shape index (κ1) is 21.0. The number of aromatic nitrogens is 2. The summed E-state index contributed by atoms with van der Waals surface area (Å²) in [5.41, 5.74) is -1.62. The molecule has 3 rings (SSSR count). The minimum atomic E-state index is -4.63. The predicted molar refractivity (Wildman–Crippen MR) is 98.6 cm³/mol. The molecule has 1 aliphatic heterocycles. The van der Waals surface area contributed by atoms with E-state index in [0.29, 0.717) is 50.5 Å². The molecule has 1 saturated heterocycles. The molecule has 0 saturated carbocycles. The van der Waals surface area contributed by atoms with Crippen LogP contribution in [0.1, 0.15) is 38.0 Å². The maximum absolute atomic E-state index is 12.9. The van der Waals surface area contributed by atoms with Gasteiger partial charge in [-0.3, -0.25) is 15.0 Å². The number of benzene rings is 1. The van der Waals surface area contributed by atoms with Crippen LogP contribution < -0.4 is 4.90 Å². The summed E-state index contributed by atoms with van der Waals surface area (Å²) >= 11 is 0. The average molecular weight is 413 g/mol. The predicted octanol–water partition coefficient (Wildman–Crippen LogP) is 3.62. The number of hydrogen-bond acceptors (Lipinski definition) is 7. The van der Waals surface area contributed by atoms with Crippen LogP contribution in [0.5, 0.6) is 0 Å². The lowest BCUT2D eigenvalue weighted by atomic mass is 9.97. The van der Waals surface area contributed by atoms with E-state index < -0.39 is 22.4 Å². The number of nitro benzene ring substituents is 1. The van der Waals surface area contributed by atoms with Crippen molar-refractivity contribution in [1.29, 1.82) is 0 Å². The van der Waals surface area contributed by atoms with Crippen LogP contribution in [0.3, 0.4) is 0 Å². The fourth-order valence-corrected chi connectivity index (χ4v) is 3.08. The second kappa shape index (κ2) is 7.62. The zero-order valence-corrected chi connectivity index (χ0v) is 16.4. The molecule has 1 aromatic heterocycles. The summed E-state index contributed by atoms with van der Waals surface area (Å²) in [6.07, 6.45) is -4.63. The molecular weight excluding hydrogens is 391 g/mol. The normalized spacial score (nSPS) is 16.3. The van der Waals surface area contributed by atoms with Gasteiger partial charge in [0.25, 0.3) is 5.69 Å². The van der Waals surface area contributed by atoms with Crippen molar-refractivity contribution in [3.63, 3.8) is 0 Å². The molecule has 2 heterocycles. The van der Waals surface area contributed by atoms with Gasteiger partial charge in [0.1, 0.15) is 5.69 Å². The van der Waals surface area contributed by atoms with E-state index in [4.69, 9.17) is 4.52 Å². The monoisotopic (exact) mass is 413 g/mol. The fraction of sp³-hybridized carbons (Fsp3) is 0.556. The van der Waals surface area contributed by atoms with Crippen LogP contribution in [0, 0.1) is 10.1 Å². The van der Waals surface area contributed by atoms with Gasteiger partial charge in [-0.25, -0.2) is 0 Å². The molecule has 29 heavy (non-hydrogen) atoms. The van der Waals surface area contributed by atoms with Crippen LogP contribution in [-0.2, 0) is 18.1 Å². The molecule has 0 aliphatic carbocycles. The summed E-state index contributed by atoms with van der Waals surface area (Å²) in [6, 6.07) is 2.64. The summed E-state index contributed by atoms with van der Waals surface area (Å²) in [5, 5.41) is 15.3. The van der Waals surface area contributed by atoms with Crippen molar-refractivity contribution in [3.8, 4) is 0 Å². The molecule has 0 unspecified atom stereocenters. The Morgan fingerprint density at radius 2 is 1.83 bits per heavy atom. The molecule has 1 aromatic carbocycles. The van der Waals surface area contributed by atoms with Gasteiger partial charge in [0.05, 0.1) is 17.0 Å². The Morgan fingerprint density at radius 3 is 2.34 bits per heavy atom. The van der Waals surface area contributed by atoms with Gasteiger partial charge >= 0.3 is 6.18 Å². The molecule has 0 spiro atoms. The summed E-state index contributed by atoms with van der Waals surface area (Å²) in [4.78, 5) is 18.7. The van der Waals surface area contributed by atoms with E-state index in [-0.39, 0.29) is 11.1 Å². The summed E-state index contributed by atoms with van der Waals surface area (Å²) < 4.78 is 43.9. The van der Waals surface area contributed by atoms with Gasteiger partial charge in [0.2, 0.25) is 5.89 Å². The topological polar surface area (TPSA) is 88.5 Å². The molecule has 0 radical (unpaired) electrons.